The third-order valence-corrected chi connectivity index (χ3v) is 5.01. The van der Waals surface area contributed by atoms with Crippen molar-refractivity contribution in [2.45, 2.75) is 38.8 Å². The monoisotopic (exact) mass is 391 g/mol. The number of hydrogen-bond donors (Lipinski definition) is 2. The standard InChI is InChI=1S/C22H25N5O2/c1-16-13-18(26-25-16)15-27-12-6-5-9-20(27)22(28)24-17-10-11-21(23-14-17)29-19-7-3-2-4-8-19/h2-4,7-8,10-11,13-14,20H,5-6,9,12,15H2,1H3,(H,24,28)(H,25,26)/t20-/m1/s1. The predicted molar refractivity (Wildman–Crippen MR) is 111 cm³/mol. The average Bonchev–Trinajstić information content (AvgIpc) is 3.15. The van der Waals surface area contributed by atoms with Gasteiger partial charge in [-0.25, -0.2) is 4.98 Å². The lowest BCUT2D eigenvalue weighted by Crippen LogP contribution is -2.46. The van der Waals surface area contributed by atoms with Gasteiger partial charge in [0.05, 0.1) is 23.6 Å². The van der Waals surface area contributed by atoms with Gasteiger partial charge in [-0.3, -0.25) is 14.8 Å². The predicted octanol–water partition coefficient (Wildman–Crippen LogP) is 3.90. The Morgan fingerprint density at radius 2 is 2.10 bits per heavy atom. The van der Waals surface area contributed by atoms with Gasteiger partial charge in [-0.15, -0.1) is 0 Å². The van der Waals surface area contributed by atoms with Gasteiger partial charge in [0, 0.05) is 18.3 Å². The molecule has 2 N–H and O–H groups in total. The fraction of sp³-hybridized carbons (Fsp3) is 0.318. The van der Waals surface area contributed by atoms with E-state index in [0.29, 0.717) is 18.1 Å². The summed E-state index contributed by atoms with van der Waals surface area (Å²) in [5.41, 5.74) is 2.66. The van der Waals surface area contributed by atoms with Crippen LogP contribution in [0.5, 0.6) is 11.6 Å². The van der Waals surface area contributed by atoms with E-state index < -0.39 is 0 Å². The largest absolute Gasteiger partial charge is 0.439 e. The van der Waals surface area contributed by atoms with Crippen LogP contribution in [0.4, 0.5) is 5.69 Å². The van der Waals surface area contributed by atoms with E-state index in [4.69, 9.17) is 4.74 Å². The summed E-state index contributed by atoms with van der Waals surface area (Å²) in [4.78, 5) is 19.4. The second kappa shape index (κ2) is 8.87. The minimum atomic E-state index is -0.166. The van der Waals surface area contributed by atoms with Crippen LogP contribution in [0.3, 0.4) is 0 Å². The Bertz CT molecular complexity index is 939. The lowest BCUT2D eigenvalue weighted by Gasteiger charge is -2.34. The van der Waals surface area contributed by atoms with Gasteiger partial charge in [0.25, 0.3) is 0 Å². The molecule has 1 aliphatic heterocycles. The number of aromatic nitrogens is 3. The number of likely N-dealkylation sites (tertiary alicyclic amines) is 1. The molecule has 29 heavy (non-hydrogen) atoms. The SMILES string of the molecule is Cc1cc(CN2CCCC[C@@H]2C(=O)Nc2ccc(Oc3ccccc3)nc2)n[nH]1. The Morgan fingerprint density at radius 3 is 2.83 bits per heavy atom. The van der Waals surface area contributed by atoms with Crippen molar-refractivity contribution in [1.29, 1.82) is 0 Å². The molecule has 0 spiro atoms. The van der Waals surface area contributed by atoms with Crippen LogP contribution in [-0.2, 0) is 11.3 Å². The first-order chi connectivity index (χ1) is 14.2. The van der Waals surface area contributed by atoms with Crippen LogP contribution in [-0.4, -0.2) is 38.6 Å². The van der Waals surface area contributed by atoms with E-state index >= 15 is 0 Å². The minimum absolute atomic E-state index is 0.00418. The second-order valence-electron chi connectivity index (χ2n) is 7.31. The quantitative estimate of drug-likeness (QED) is 0.666. The lowest BCUT2D eigenvalue weighted by molar-refractivity contribution is -0.122. The highest BCUT2D eigenvalue weighted by Gasteiger charge is 2.29. The highest BCUT2D eigenvalue weighted by Crippen LogP contribution is 2.23. The number of benzene rings is 1. The summed E-state index contributed by atoms with van der Waals surface area (Å²) in [7, 11) is 0. The topological polar surface area (TPSA) is 83.1 Å². The molecular formula is C22H25N5O2. The lowest BCUT2D eigenvalue weighted by atomic mass is 10.0. The number of aryl methyl sites for hydroxylation is 1. The summed E-state index contributed by atoms with van der Waals surface area (Å²) < 4.78 is 5.70. The number of nitrogens with zero attached hydrogens (tertiary/aromatic N) is 3. The normalized spacial score (nSPS) is 17.1. The fourth-order valence-corrected chi connectivity index (χ4v) is 3.59. The molecule has 0 radical (unpaired) electrons. The number of ether oxygens (including phenoxy) is 1. The number of amides is 1. The maximum absolute atomic E-state index is 12.9. The number of hydrogen-bond acceptors (Lipinski definition) is 5. The third kappa shape index (κ3) is 5.00. The minimum Gasteiger partial charge on any atom is -0.439 e. The van der Waals surface area contributed by atoms with Gasteiger partial charge in [0.15, 0.2) is 0 Å². The van der Waals surface area contributed by atoms with Crippen LogP contribution in [0.15, 0.2) is 54.7 Å². The van der Waals surface area contributed by atoms with Gasteiger partial charge in [0.1, 0.15) is 5.75 Å². The van der Waals surface area contributed by atoms with Crippen LogP contribution in [0.1, 0.15) is 30.7 Å². The Balaban J connectivity index is 1.38. The number of H-pyrrole nitrogens is 1. The second-order valence-corrected chi connectivity index (χ2v) is 7.31. The van der Waals surface area contributed by atoms with Gasteiger partial charge < -0.3 is 10.1 Å². The highest BCUT2D eigenvalue weighted by molar-refractivity contribution is 5.94. The molecule has 1 aromatic carbocycles. The average molecular weight is 391 g/mol. The number of para-hydroxylation sites is 1. The zero-order valence-electron chi connectivity index (χ0n) is 16.5. The molecular weight excluding hydrogens is 366 g/mol. The van der Waals surface area contributed by atoms with E-state index in [-0.39, 0.29) is 11.9 Å². The van der Waals surface area contributed by atoms with Crippen molar-refractivity contribution in [1.82, 2.24) is 20.1 Å². The maximum Gasteiger partial charge on any atom is 0.241 e. The number of piperidine rings is 1. The van der Waals surface area contributed by atoms with Crippen molar-refractivity contribution in [3.05, 3.63) is 66.1 Å². The molecule has 150 valence electrons. The van der Waals surface area contributed by atoms with Crippen molar-refractivity contribution in [3.63, 3.8) is 0 Å². The van der Waals surface area contributed by atoms with E-state index in [9.17, 15) is 4.79 Å². The van der Waals surface area contributed by atoms with E-state index in [2.05, 4.69) is 25.4 Å². The molecule has 2 aromatic heterocycles. The molecule has 7 heteroatoms. The smallest absolute Gasteiger partial charge is 0.241 e. The Hall–Kier alpha value is -3.19. The summed E-state index contributed by atoms with van der Waals surface area (Å²) in [5, 5.41) is 10.3. The van der Waals surface area contributed by atoms with Gasteiger partial charge in [0.2, 0.25) is 11.8 Å². The number of pyridine rings is 1. The molecule has 0 unspecified atom stereocenters. The molecule has 7 nitrogen and oxygen atoms in total. The zero-order chi connectivity index (χ0) is 20.1. The molecule has 3 aromatic rings. The van der Waals surface area contributed by atoms with Crippen molar-refractivity contribution in [2.24, 2.45) is 0 Å². The molecule has 1 saturated heterocycles. The molecule has 1 atom stereocenters. The van der Waals surface area contributed by atoms with E-state index in [1.54, 1.807) is 12.3 Å². The summed E-state index contributed by atoms with van der Waals surface area (Å²) in [6.07, 6.45) is 4.62. The first kappa shape index (κ1) is 19.1. The Labute approximate surface area is 170 Å². The fourth-order valence-electron chi connectivity index (χ4n) is 3.59. The first-order valence-electron chi connectivity index (χ1n) is 9.92. The number of carbonyl (C=O) groups excluding carboxylic acids is 1. The number of rotatable bonds is 6. The van der Waals surface area contributed by atoms with E-state index in [0.717, 1.165) is 42.9 Å². The van der Waals surface area contributed by atoms with Gasteiger partial charge in [-0.05, 0) is 50.6 Å². The van der Waals surface area contributed by atoms with E-state index in [1.165, 1.54) is 0 Å². The van der Waals surface area contributed by atoms with Crippen LogP contribution < -0.4 is 10.1 Å². The molecule has 4 rings (SSSR count). The Morgan fingerprint density at radius 1 is 1.24 bits per heavy atom. The molecule has 1 fully saturated rings. The van der Waals surface area contributed by atoms with Gasteiger partial charge >= 0.3 is 0 Å². The van der Waals surface area contributed by atoms with Crippen molar-refractivity contribution >= 4 is 11.6 Å². The van der Waals surface area contributed by atoms with Gasteiger partial charge in [-0.1, -0.05) is 24.6 Å². The highest BCUT2D eigenvalue weighted by atomic mass is 16.5. The van der Waals surface area contributed by atoms with E-state index in [1.807, 2.05) is 49.4 Å². The van der Waals surface area contributed by atoms with Gasteiger partial charge in [-0.2, -0.15) is 5.10 Å². The first-order valence-corrected chi connectivity index (χ1v) is 9.92. The summed E-state index contributed by atoms with van der Waals surface area (Å²) >= 11 is 0. The van der Waals surface area contributed by atoms with Crippen molar-refractivity contribution in [3.8, 4) is 11.6 Å². The van der Waals surface area contributed by atoms with Crippen LogP contribution in [0.2, 0.25) is 0 Å². The molecule has 0 bridgehead atoms. The number of aromatic amines is 1. The molecule has 1 amide bonds. The molecule has 0 aliphatic carbocycles. The van der Waals surface area contributed by atoms with Crippen LogP contribution in [0.25, 0.3) is 0 Å². The van der Waals surface area contributed by atoms with Crippen molar-refractivity contribution < 1.29 is 9.53 Å². The molecule has 3 heterocycles. The number of nitrogens with one attached hydrogen (secondary N) is 2. The summed E-state index contributed by atoms with van der Waals surface area (Å²) in [6, 6.07) is 14.9. The summed E-state index contributed by atoms with van der Waals surface area (Å²) in [6.45, 7) is 3.55. The zero-order valence-corrected chi connectivity index (χ0v) is 16.5. The van der Waals surface area contributed by atoms with Crippen LogP contribution >= 0.6 is 0 Å². The number of carbonyl (C=O) groups is 1. The molecule has 1 aliphatic rings. The Kier molecular flexibility index (Phi) is 5.86. The number of anilines is 1. The third-order valence-electron chi connectivity index (χ3n) is 5.01. The van der Waals surface area contributed by atoms with Crippen LogP contribution in [0, 0.1) is 6.92 Å². The maximum atomic E-state index is 12.9. The molecule has 0 saturated carbocycles. The van der Waals surface area contributed by atoms with Crippen molar-refractivity contribution in [2.75, 3.05) is 11.9 Å². The summed E-state index contributed by atoms with van der Waals surface area (Å²) in [5.74, 6) is 1.21.